The number of Topliss-reactive ketones (excluding diaryl/α,β-unsaturated/α-hetero) is 1. The van der Waals surface area contributed by atoms with Crippen LogP contribution in [0.4, 0.5) is 5.69 Å². The van der Waals surface area contributed by atoms with Crippen molar-refractivity contribution in [2.75, 3.05) is 18.9 Å². The van der Waals surface area contributed by atoms with Crippen molar-refractivity contribution in [2.24, 2.45) is 0 Å². The van der Waals surface area contributed by atoms with Gasteiger partial charge >= 0.3 is 0 Å². The predicted octanol–water partition coefficient (Wildman–Crippen LogP) is 4.02. The van der Waals surface area contributed by atoms with Crippen molar-refractivity contribution < 1.29 is 14.4 Å². The minimum Gasteiger partial charge on any atom is -0.336 e. The first kappa shape index (κ1) is 20.6. The molecule has 0 saturated heterocycles. The lowest BCUT2D eigenvalue weighted by Gasteiger charge is -2.17. The van der Waals surface area contributed by atoms with Gasteiger partial charge in [0.15, 0.2) is 5.78 Å². The SMILES string of the molecule is Cc1ccc(C(=O)CCC(=O)N(C)CC(=O)Nc2cccc(Cl)c2)cc1C. The van der Waals surface area contributed by atoms with Crippen molar-refractivity contribution in [3.8, 4) is 0 Å². The zero-order valence-electron chi connectivity index (χ0n) is 15.7. The van der Waals surface area contributed by atoms with Crippen LogP contribution in [-0.2, 0) is 9.59 Å². The smallest absolute Gasteiger partial charge is 0.243 e. The van der Waals surface area contributed by atoms with Crippen LogP contribution in [0.1, 0.15) is 34.3 Å². The number of nitrogens with zero attached hydrogens (tertiary/aromatic N) is 1. The average Bonchev–Trinajstić information content (AvgIpc) is 2.61. The summed E-state index contributed by atoms with van der Waals surface area (Å²) in [7, 11) is 1.54. The maximum absolute atomic E-state index is 12.3. The number of likely N-dealkylation sites (N-methyl/N-ethyl adjacent to an activating group) is 1. The molecule has 0 saturated carbocycles. The number of anilines is 1. The molecule has 2 amide bonds. The number of carbonyl (C=O) groups is 3. The van der Waals surface area contributed by atoms with Crippen LogP contribution in [0.2, 0.25) is 5.02 Å². The van der Waals surface area contributed by atoms with Gasteiger partial charge in [0.25, 0.3) is 0 Å². The molecule has 142 valence electrons. The number of amides is 2. The summed E-state index contributed by atoms with van der Waals surface area (Å²) in [6.45, 7) is 3.84. The Morgan fingerprint density at radius 2 is 1.74 bits per heavy atom. The van der Waals surface area contributed by atoms with E-state index in [4.69, 9.17) is 11.6 Å². The van der Waals surface area contributed by atoms with E-state index in [1.807, 2.05) is 26.0 Å². The van der Waals surface area contributed by atoms with Crippen LogP contribution in [0, 0.1) is 13.8 Å². The van der Waals surface area contributed by atoms with E-state index in [1.54, 1.807) is 37.4 Å². The van der Waals surface area contributed by atoms with Crippen molar-refractivity contribution in [2.45, 2.75) is 26.7 Å². The Bertz CT molecular complexity index is 864. The summed E-state index contributed by atoms with van der Waals surface area (Å²) in [6, 6.07) is 12.3. The first-order chi connectivity index (χ1) is 12.8. The molecule has 0 unspecified atom stereocenters. The Hall–Kier alpha value is -2.66. The topological polar surface area (TPSA) is 66.5 Å². The fourth-order valence-electron chi connectivity index (χ4n) is 2.54. The zero-order valence-corrected chi connectivity index (χ0v) is 16.5. The summed E-state index contributed by atoms with van der Waals surface area (Å²) in [5, 5.41) is 3.20. The van der Waals surface area contributed by atoms with Crippen molar-refractivity contribution in [1.82, 2.24) is 4.90 Å². The number of benzene rings is 2. The highest BCUT2D eigenvalue weighted by Gasteiger charge is 2.16. The van der Waals surface area contributed by atoms with E-state index in [1.165, 1.54) is 4.90 Å². The van der Waals surface area contributed by atoms with Gasteiger partial charge in [-0.1, -0.05) is 29.8 Å². The maximum Gasteiger partial charge on any atom is 0.243 e. The predicted molar refractivity (Wildman–Crippen MR) is 107 cm³/mol. The molecule has 0 bridgehead atoms. The minimum atomic E-state index is -0.325. The van der Waals surface area contributed by atoms with Gasteiger partial charge in [0.1, 0.15) is 0 Å². The molecule has 0 radical (unpaired) electrons. The monoisotopic (exact) mass is 386 g/mol. The summed E-state index contributed by atoms with van der Waals surface area (Å²) in [4.78, 5) is 37.8. The molecule has 0 aliphatic heterocycles. The normalized spacial score (nSPS) is 10.4. The van der Waals surface area contributed by atoms with Crippen LogP contribution in [0.15, 0.2) is 42.5 Å². The van der Waals surface area contributed by atoms with E-state index in [-0.39, 0.29) is 37.0 Å². The third-order valence-electron chi connectivity index (χ3n) is 4.31. The van der Waals surface area contributed by atoms with E-state index in [0.29, 0.717) is 16.3 Å². The van der Waals surface area contributed by atoms with E-state index in [2.05, 4.69) is 5.32 Å². The molecule has 0 spiro atoms. The van der Waals surface area contributed by atoms with Gasteiger partial charge < -0.3 is 10.2 Å². The van der Waals surface area contributed by atoms with Crippen molar-refractivity contribution >= 4 is 34.9 Å². The van der Waals surface area contributed by atoms with Crippen LogP contribution in [0.3, 0.4) is 0 Å². The maximum atomic E-state index is 12.3. The Morgan fingerprint density at radius 3 is 2.41 bits per heavy atom. The summed E-state index contributed by atoms with van der Waals surface area (Å²) < 4.78 is 0. The van der Waals surface area contributed by atoms with E-state index >= 15 is 0 Å². The van der Waals surface area contributed by atoms with Crippen LogP contribution in [-0.4, -0.2) is 36.1 Å². The van der Waals surface area contributed by atoms with Gasteiger partial charge in [0.2, 0.25) is 11.8 Å². The first-order valence-electron chi connectivity index (χ1n) is 8.66. The molecule has 1 N–H and O–H groups in total. The summed E-state index contributed by atoms with van der Waals surface area (Å²) in [5.74, 6) is -0.662. The Kier molecular flexibility index (Phi) is 7.13. The number of carbonyl (C=O) groups excluding carboxylic acids is 3. The number of ketones is 1. The molecule has 0 aliphatic carbocycles. The van der Waals surface area contributed by atoms with Crippen LogP contribution < -0.4 is 5.32 Å². The van der Waals surface area contributed by atoms with E-state index in [0.717, 1.165) is 11.1 Å². The minimum absolute atomic E-state index is 0.0622. The van der Waals surface area contributed by atoms with Crippen LogP contribution in [0.5, 0.6) is 0 Å². The summed E-state index contributed by atoms with van der Waals surface area (Å²) in [5.41, 5.74) is 3.33. The lowest BCUT2D eigenvalue weighted by molar-refractivity contribution is -0.133. The Balaban J connectivity index is 1.83. The third-order valence-corrected chi connectivity index (χ3v) is 4.54. The Morgan fingerprint density at radius 1 is 1.00 bits per heavy atom. The zero-order chi connectivity index (χ0) is 20.0. The van der Waals surface area contributed by atoms with Crippen LogP contribution in [0.25, 0.3) is 0 Å². The second kappa shape index (κ2) is 9.33. The first-order valence-corrected chi connectivity index (χ1v) is 9.04. The molecule has 0 fully saturated rings. The highest BCUT2D eigenvalue weighted by molar-refractivity contribution is 6.30. The van der Waals surface area contributed by atoms with Gasteiger partial charge in [0, 0.05) is 36.2 Å². The second-order valence-electron chi connectivity index (χ2n) is 6.53. The molecule has 27 heavy (non-hydrogen) atoms. The standard InChI is InChI=1S/C21H23ClN2O3/c1-14-7-8-16(11-15(14)2)19(25)9-10-21(27)24(3)13-20(26)23-18-6-4-5-17(22)12-18/h4-8,11-12H,9-10,13H2,1-3H3,(H,23,26). The molecule has 0 atom stereocenters. The molecular weight excluding hydrogens is 364 g/mol. The summed E-state index contributed by atoms with van der Waals surface area (Å²) in [6.07, 6.45) is 0.175. The van der Waals surface area contributed by atoms with Gasteiger partial charge in [-0.05, 0) is 49.2 Å². The van der Waals surface area contributed by atoms with Gasteiger partial charge in [-0.2, -0.15) is 0 Å². The van der Waals surface area contributed by atoms with Crippen molar-refractivity contribution in [3.63, 3.8) is 0 Å². The van der Waals surface area contributed by atoms with Crippen molar-refractivity contribution in [1.29, 1.82) is 0 Å². The highest BCUT2D eigenvalue weighted by Crippen LogP contribution is 2.15. The lowest BCUT2D eigenvalue weighted by atomic mass is 10.0. The summed E-state index contributed by atoms with van der Waals surface area (Å²) >= 11 is 5.88. The number of hydrogen-bond acceptors (Lipinski definition) is 3. The third kappa shape index (κ3) is 6.22. The van der Waals surface area contributed by atoms with Crippen LogP contribution >= 0.6 is 11.6 Å². The molecule has 0 aromatic heterocycles. The molecular formula is C21H23ClN2O3. The molecule has 2 aromatic rings. The van der Waals surface area contributed by atoms with E-state index in [9.17, 15) is 14.4 Å². The fraction of sp³-hybridized carbons (Fsp3) is 0.286. The highest BCUT2D eigenvalue weighted by atomic mass is 35.5. The molecule has 0 aliphatic rings. The lowest BCUT2D eigenvalue weighted by Crippen LogP contribution is -2.35. The number of nitrogens with one attached hydrogen (secondary N) is 1. The molecule has 0 heterocycles. The average molecular weight is 387 g/mol. The number of aryl methyl sites for hydroxylation is 2. The number of hydrogen-bond donors (Lipinski definition) is 1. The largest absolute Gasteiger partial charge is 0.336 e. The number of halogens is 1. The number of rotatable bonds is 7. The van der Waals surface area contributed by atoms with Gasteiger partial charge in [-0.25, -0.2) is 0 Å². The van der Waals surface area contributed by atoms with Crippen molar-refractivity contribution in [3.05, 3.63) is 64.2 Å². The van der Waals surface area contributed by atoms with Gasteiger partial charge in [-0.15, -0.1) is 0 Å². The molecule has 6 heteroatoms. The van der Waals surface area contributed by atoms with Gasteiger partial charge in [-0.3, -0.25) is 14.4 Å². The van der Waals surface area contributed by atoms with Gasteiger partial charge in [0.05, 0.1) is 6.54 Å². The molecule has 5 nitrogen and oxygen atoms in total. The fourth-order valence-corrected chi connectivity index (χ4v) is 2.73. The Labute approximate surface area is 164 Å². The quantitative estimate of drug-likeness (QED) is 0.731. The van der Waals surface area contributed by atoms with E-state index < -0.39 is 0 Å². The molecule has 2 aromatic carbocycles. The molecule has 2 rings (SSSR count). The second-order valence-corrected chi connectivity index (χ2v) is 6.97.